The zero-order chi connectivity index (χ0) is 15.6. The largest absolute Gasteiger partial charge is 0.494 e. The first-order valence-corrected chi connectivity index (χ1v) is 8.36. The average Bonchev–Trinajstić information content (AvgIpc) is 2.56. The van der Waals surface area contributed by atoms with Gasteiger partial charge in [0.2, 0.25) is 0 Å². The van der Waals surface area contributed by atoms with Crippen molar-refractivity contribution in [1.29, 1.82) is 0 Å². The molecule has 1 fully saturated rings. The maximum atomic E-state index is 12.1. The van der Waals surface area contributed by atoms with Crippen molar-refractivity contribution >= 4 is 5.97 Å². The molecule has 0 aliphatic carbocycles. The first-order chi connectivity index (χ1) is 10.8. The number of rotatable bonds is 8. The van der Waals surface area contributed by atoms with Gasteiger partial charge in [0.15, 0.2) is 0 Å². The van der Waals surface area contributed by atoms with E-state index in [1.165, 1.54) is 19.3 Å². The lowest BCUT2D eigenvalue weighted by Gasteiger charge is -2.21. The number of carbonyl (C=O) groups is 1. The molecule has 0 atom stereocenters. The average molecular weight is 304 g/mol. The number of unbranched alkanes of at least 4 members (excludes halogenated alkanes) is 3. The van der Waals surface area contributed by atoms with E-state index in [1.807, 2.05) is 12.1 Å². The van der Waals surface area contributed by atoms with Crippen molar-refractivity contribution in [2.24, 2.45) is 0 Å². The van der Waals surface area contributed by atoms with Gasteiger partial charge in [-0.2, -0.15) is 0 Å². The molecule has 1 aromatic rings. The molecule has 0 bridgehead atoms. The third-order valence-corrected chi connectivity index (χ3v) is 3.85. The summed E-state index contributed by atoms with van der Waals surface area (Å²) in [5, 5.41) is 4.26. The minimum absolute atomic E-state index is 0.0134. The number of nitrogens with zero attached hydrogens (tertiary/aromatic N) is 1. The molecule has 1 radical (unpaired) electrons. The Morgan fingerprint density at radius 1 is 1.14 bits per heavy atom. The molecule has 4 nitrogen and oxygen atoms in total. The Labute approximate surface area is 133 Å². The number of carbonyl (C=O) groups excluding carboxylic acids is 1. The lowest BCUT2D eigenvalue weighted by molar-refractivity contribution is 0.0227. The summed E-state index contributed by atoms with van der Waals surface area (Å²) in [6.07, 6.45) is 6.45. The third kappa shape index (κ3) is 5.68. The van der Waals surface area contributed by atoms with E-state index in [-0.39, 0.29) is 12.1 Å². The van der Waals surface area contributed by atoms with E-state index >= 15 is 0 Å². The summed E-state index contributed by atoms with van der Waals surface area (Å²) in [6.45, 7) is 4.52. The van der Waals surface area contributed by atoms with Gasteiger partial charge in [-0.1, -0.05) is 26.2 Å². The highest BCUT2D eigenvalue weighted by Gasteiger charge is 2.18. The van der Waals surface area contributed by atoms with Crippen molar-refractivity contribution in [3.63, 3.8) is 0 Å². The summed E-state index contributed by atoms with van der Waals surface area (Å²) in [6, 6.07) is 7.23. The Morgan fingerprint density at radius 2 is 1.86 bits per heavy atom. The summed E-state index contributed by atoms with van der Waals surface area (Å²) in [7, 11) is 0. The van der Waals surface area contributed by atoms with E-state index in [9.17, 15) is 4.79 Å². The lowest BCUT2D eigenvalue weighted by Crippen LogP contribution is -2.30. The summed E-state index contributed by atoms with van der Waals surface area (Å²) in [4.78, 5) is 12.1. The van der Waals surface area contributed by atoms with Gasteiger partial charge in [-0.15, -0.1) is 0 Å². The van der Waals surface area contributed by atoms with Gasteiger partial charge in [-0.25, -0.2) is 10.1 Å². The molecule has 1 aromatic carbocycles. The fraction of sp³-hybridized carbons (Fsp3) is 0.611. The van der Waals surface area contributed by atoms with E-state index in [2.05, 4.69) is 12.2 Å². The first-order valence-electron chi connectivity index (χ1n) is 8.36. The number of hydrogen-bond acceptors (Lipinski definition) is 3. The molecule has 4 heteroatoms. The zero-order valence-corrected chi connectivity index (χ0v) is 13.4. The summed E-state index contributed by atoms with van der Waals surface area (Å²) in [5.41, 5.74) is 0.584. The molecule has 0 saturated carbocycles. The molecule has 22 heavy (non-hydrogen) atoms. The lowest BCUT2D eigenvalue weighted by atomic mass is 10.1. The third-order valence-electron chi connectivity index (χ3n) is 3.85. The molecule has 2 rings (SSSR count). The topological polar surface area (TPSA) is 49.6 Å². The molecule has 121 valence electrons. The van der Waals surface area contributed by atoms with Crippen LogP contribution in [-0.2, 0) is 4.74 Å². The van der Waals surface area contributed by atoms with Crippen LogP contribution in [0.15, 0.2) is 24.3 Å². The Kier molecular flexibility index (Phi) is 7.23. The van der Waals surface area contributed by atoms with Gasteiger partial charge in [0.1, 0.15) is 11.9 Å². The molecule has 0 unspecified atom stereocenters. The number of esters is 1. The predicted molar refractivity (Wildman–Crippen MR) is 86.4 cm³/mol. The molecule has 1 aliphatic heterocycles. The molecule has 0 N–H and O–H groups in total. The summed E-state index contributed by atoms with van der Waals surface area (Å²) < 4.78 is 11.2. The van der Waals surface area contributed by atoms with Crippen LogP contribution in [0.3, 0.4) is 0 Å². The summed E-state index contributed by atoms with van der Waals surface area (Å²) >= 11 is 0. The first kappa shape index (κ1) is 16.8. The van der Waals surface area contributed by atoms with E-state index in [1.54, 1.807) is 12.1 Å². The zero-order valence-electron chi connectivity index (χ0n) is 13.4. The second-order valence-electron chi connectivity index (χ2n) is 5.71. The van der Waals surface area contributed by atoms with E-state index in [0.29, 0.717) is 5.56 Å². The van der Waals surface area contributed by atoms with Gasteiger partial charge in [-0.05, 0) is 43.5 Å². The van der Waals surface area contributed by atoms with Crippen LogP contribution in [0, 0.1) is 0 Å². The fourth-order valence-electron chi connectivity index (χ4n) is 2.47. The monoisotopic (exact) mass is 304 g/mol. The van der Waals surface area contributed by atoms with E-state index in [0.717, 1.165) is 44.7 Å². The normalized spacial score (nSPS) is 15.5. The molecule has 1 aliphatic rings. The Hall–Kier alpha value is -1.55. The van der Waals surface area contributed by atoms with Crippen LogP contribution in [0.5, 0.6) is 5.75 Å². The molecule has 0 aromatic heterocycles. The standard InChI is InChI=1S/C18H26NO3/c1-2-3-4-5-14-21-16-8-6-15(7-9-16)18(20)22-17-10-12-19-13-11-17/h6-9,17H,2-5,10-14H2,1H3. The fourth-order valence-corrected chi connectivity index (χ4v) is 2.47. The maximum Gasteiger partial charge on any atom is 0.338 e. The van der Waals surface area contributed by atoms with Gasteiger partial charge in [-0.3, -0.25) is 0 Å². The second kappa shape index (κ2) is 9.46. The van der Waals surface area contributed by atoms with Crippen LogP contribution in [-0.4, -0.2) is 31.8 Å². The van der Waals surface area contributed by atoms with Gasteiger partial charge < -0.3 is 9.47 Å². The highest BCUT2D eigenvalue weighted by atomic mass is 16.5. The molecule has 0 amide bonds. The van der Waals surface area contributed by atoms with Crippen LogP contribution in [0.1, 0.15) is 55.8 Å². The molecule has 0 spiro atoms. The van der Waals surface area contributed by atoms with Crippen molar-refractivity contribution in [1.82, 2.24) is 5.32 Å². The van der Waals surface area contributed by atoms with E-state index in [4.69, 9.17) is 9.47 Å². The van der Waals surface area contributed by atoms with Crippen LogP contribution in [0.2, 0.25) is 0 Å². The van der Waals surface area contributed by atoms with Crippen LogP contribution in [0.4, 0.5) is 0 Å². The van der Waals surface area contributed by atoms with Crippen LogP contribution < -0.4 is 10.1 Å². The SMILES string of the molecule is CCCCCCOc1ccc(C(=O)OC2CC[N]CC2)cc1. The Balaban J connectivity index is 1.74. The molecule has 1 heterocycles. The second-order valence-corrected chi connectivity index (χ2v) is 5.71. The molecular weight excluding hydrogens is 278 g/mol. The van der Waals surface area contributed by atoms with Gasteiger partial charge >= 0.3 is 5.97 Å². The van der Waals surface area contributed by atoms with Crippen molar-refractivity contribution in [2.75, 3.05) is 19.7 Å². The van der Waals surface area contributed by atoms with Gasteiger partial charge in [0.05, 0.1) is 12.2 Å². The highest BCUT2D eigenvalue weighted by Crippen LogP contribution is 2.16. The van der Waals surface area contributed by atoms with Crippen molar-refractivity contribution in [2.45, 2.75) is 51.6 Å². The predicted octanol–water partition coefficient (Wildman–Crippen LogP) is 3.57. The maximum absolute atomic E-state index is 12.1. The smallest absolute Gasteiger partial charge is 0.338 e. The minimum Gasteiger partial charge on any atom is -0.494 e. The van der Waals surface area contributed by atoms with Crippen molar-refractivity contribution < 1.29 is 14.3 Å². The van der Waals surface area contributed by atoms with Crippen LogP contribution >= 0.6 is 0 Å². The molecule has 1 saturated heterocycles. The number of benzene rings is 1. The Morgan fingerprint density at radius 3 is 2.55 bits per heavy atom. The van der Waals surface area contributed by atoms with Crippen LogP contribution in [0.25, 0.3) is 0 Å². The summed E-state index contributed by atoms with van der Waals surface area (Å²) in [5.74, 6) is 0.561. The van der Waals surface area contributed by atoms with Crippen molar-refractivity contribution in [3.8, 4) is 5.75 Å². The van der Waals surface area contributed by atoms with E-state index < -0.39 is 0 Å². The Bertz CT molecular complexity index is 438. The quantitative estimate of drug-likeness (QED) is 0.545. The van der Waals surface area contributed by atoms with Gasteiger partial charge in [0, 0.05) is 13.1 Å². The number of piperidine rings is 1. The number of ether oxygens (including phenoxy) is 2. The molecular formula is C18H26NO3. The van der Waals surface area contributed by atoms with Gasteiger partial charge in [0.25, 0.3) is 0 Å². The van der Waals surface area contributed by atoms with Crippen molar-refractivity contribution in [3.05, 3.63) is 29.8 Å². The minimum atomic E-state index is -0.249. The highest BCUT2D eigenvalue weighted by molar-refractivity contribution is 5.89. The number of hydrogen-bond donors (Lipinski definition) is 0.